The second kappa shape index (κ2) is 14.8. The largest absolute Gasteiger partial charge is 0.505 e. The predicted molar refractivity (Wildman–Crippen MR) is 178 cm³/mol. The lowest BCUT2D eigenvalue weighted by atomic mass is 10.1. The molecular formula is C29H35N8O11PS. The van der Waals surface area contributed by atoms with Crippen LogP contribution in [0.2, 0.25) is 0 Å². The van der Waals surface area contributed by atoms with Crippen LogP contribution >= 0.6 is 6.49 Å². The smallest absolute Gasteiger partial charge is 0.330 e. The van der Waals surface area contributed by atoms with E-state index in [0.29, 0.717) is 28.0 Å². The van der Waals surface area contributed by atoms with E-state index < -0.39 is 67.3 Å². The quantitative estimate of drug-likeness (QED) is 0.0803. The molecule has 0 amide bonds. The number of ether oxygens (including phenoxy) is 3. The van der Waals surface area contributed by atoms with Gasteiger partial charge in [0.15, 0.2) is 29.7 Å². The highest BCUT2D eigenvalue weighted by atomic mass is 32.5. The number of fused-ring (bicyclic) bond motifs is 1. The van der Waals surface area contributed by atoms with Gasteiger partial charge in [-0.05, 0) is 25.2 Å². The number of hydrogen-bond acceptors (Lipinski definition) is 16. The molecule has 4 aromatic heterocycles. The molecule has 2 fully saturated rings. The Balaban J connectivity index is 1.13. The Bertz CT molecular complexity index is 2060. The van der Waals surface area contributed by atoms with Gasteiger partial charge in [-0.25, -0.2) is 24.7 Å². The Morgan fingerprint density at radius 1 is 1.16 bits per heavy atom. The van der Waals surface area contributed by atoms with Crippen molar-refractivity contribution in [3.8, 4) is 5.75 Å². The van der Waals surface area contributed by atoms with Gasteiger partial charge in [-0.15, -0.1) is 0 Å². The van der Waals surface area contributed by atoms with Crippen LogP contribution in [0.1, 0.15) is 42.1 Å². The van der Waals surface area contributed by atoms with Crippen LogP contribution in [-0.4, -0.2) is 116 Å². The van der Waals surface area contributed by atoms with Gasteiger partial charge in [-0.3, -0.25) is 23.9 Å². The molecule has 6 N–H and O–H groups in total. The zero-order valence-corrected chi connectivity index (χ0v) is 28.4. The highest BCUT2D eigenvalue weighted by Gasteiger charge is 2.49. The second-order valence-electron chi connectivity index (χ2n) is 11.7. The fourth-order valence-corrected chi connectivity index (χ4v) is 7.89. The molecule has 0 aromatic carbocycles. The third-order valence-electron chi connectivity index (χ3n) is 8.54. The molecule has 268 valence electrons. The van der Waals surface area contributed by atoms with Gasteiger partial charge in [0.25, 0.3) is 5.56 Å². The Labute approximate surface area is 288 Å². The minimum absolute atomic E-state index is 0.0754. The number of nitrogens with zero attached hydrogens (tertiary/aromatic N) is 7. The van der Waals surface area contributed by atoms with Gasteiger partial charge in [0.2, 0.25) is 0 Å². The lowest BCUT2D eigenvalue weighted by molar-refractivity contribution is -0.0625. The van der Waals surface area contributed by atoms with Crippen molar-refractivity contribution in [2.45, 2.75) is 69.3 Å². The number of H-pyrrole nitrogens is 1. The maximum absolute atomic E-state index is 12.4. The molecule has 6 heterocycles. The average molecular weight is 735 g/mol. The van der Waals surface area contributed by atoms with E-state index in [9.17, 15) is 34.9 Å². The van der Waals surface area contributed by atoms with Gasteiger partial charge in [0.05, 0.1) is 37.4 Å². The summed E-state index contributed by atoms with van der Waals surface area (Å²) in [5.41, 5.74) is 0.370. The van der Waals surface area contributed by atoms with E-state index in [2.05, 4.69) is 29.9 Å². The van der Waals surface area contributed by atoms with E-state index in [4.69, 9.17) is 30.5 Å². The third-order valence-corrected chi connectivity index (χ3v) is 10.7. The first-order chi connectivity index (χ1) is 23.9. The maximum atomic E-state index is 12.4. The third kappa shape index (κ3) is 7.17. The van der Waals surface area contributed by atoms with Gasteiger partial charge in [0.1, 0.15) is 36.6 Å². The monoisotopic (exact) mass is 734 g/mol. The number of nitrogens with one attached hydrogen (secondary N) is 1. The molecule has 8 atom stereocenters. The SMILES string of the molecule is CO[C@H]1C(OP(O)(=S)CC[C@H]2O[C@@H](n3cnc4c(/N=C\c5c(CO)cnc(C)c5O)ncnc43)CC2O)[C@@H](CO)O[C@H]1n1ccc(=O)[nH]c1=O. The Morgan fingerprint density at radius 3 is 2.68 bits per heavy atom. The van der Waals surface area contributed by atoms with Crippen molar-refractivity contribution in [2.24, 2.45) is 4.99 Å². The average Bonchev–Trinajstić information content (AvgIpc) is 3.79. The standard InChI is InChI=1S/C29H35N8O11PS/c1-14-23(42)16(15(10-38)8-30-14)9-31-26-22-27(33-12-32-26)37(13-34-22)21-7-17(40)18(46-21)4-6-49(44,50)48-24-19(11-39)47-28(25(24)45-2)36-5-3-20(41)35-29(36)43/h3,5,8-9,12-13,17-19,21,24-25,28,38-40,42H,4,6-7,10-11H2,1-2H3,(H,44,50)(H,35,41,43)/b31-9-/t17?,18-,19-,21-,24?,25+,28-,49?/m1/s1. The van der Waals surface area contributed by atoms with Gasteiger partial charge in [0, 0.05) is 55.5 Å². The van der Waals surface area contributed by atoms with E-state index in [0.717, 1.165) is 10.6 Å². The molecule has 0 radical (unpaired) electrons. The van der Waals surface area contributed by atoms with Gasteiger partial charge in [-0.1, -0.05) is 0 Å². The maximum Gasteiger partial charge on any atom is 0.330 e. The summed E-state index contributed by atoms with van der Waals surface area (Å²) in [5, 5.41) is 41.0. The Morgan fingerprint density at radius 2 is 1.96 bits per heavy atom. The molecule has 3 unspecified atom stereocenters. The first kappa shape index (κ1) is 36.0. The molecule has 0 bridgehead atoms. The van der Waals surface area contributed by atoms with Crippen LogP contribution in [0.5, 0.6) is 5.75 Å². The summed E-state index contributed by atoms with van der Waals surface area (Å²) >= 11 is 5.45. The fraction of sp³-hybridized carbons (Fsp3) is 0.483. The van der Waals surface area contributed by atoms with Crippen molar-refractivity contribution in [1.29, 1.82) is 0 Å². The van der Waals surface area contributed by atoms with Crippen molar-refractivity contribution < 1.29 is 44.1 Å². The molecule has 0 saturated carbocycles. The number of hydrogen-bond donors (Lipinski definition) is 6. The second-order valence-corrected chi connectivity index (χ2v) is 15.3. The summed E-state index contributed by atoms with van der Waals surface area (Å²) in [7, 11) is 1.34. The molecule has 0 spiro atoms. The van der Waals surface area contributed by atoms with Gasteiger partial charge >= 0.3 is 5.69 Å². The van der Waals surface area contributed by atoms with Crippen molar-refractivity contribution in [3.63, 3.8) is 0 Å². The van der Waals surface area contributed by atoms with Gasteiger partial charge in [-0.2, -0.15) is 0 Å². The zero-order valence-electron chi connectivity index (χ0n) is 26.7. The number of aromatic nitrogens is 7. The van der Waals surface area contributed by atoms with Crippen molar-refractivity contribution in [1.82, 2.24) is 34.1 Å². The molecule has 19 nitrogen and oxygen atoms in total. The summed E-state index contributed by atoms with van der Waals surface area (Å²) < 4.78 is 26.2. The van der Waals surface area contributed by atoms with Crippen LogP contribution in [0, 0.1) is 6.92 Å². The number of methoxy groups -OCH3 is 1. The number of aliphatic hydroxyl groups is 3. The lowest BCUT2D eigenvalue weighted by Gasteiger charge is -2.28. The minimum Gasteiger partial charge on any atom is -0.505 e. The highest BCUT2D eigenvalue weighted by molar-refractivity contribution is 8.09. The number of imidazole rings is 1. The molecule has 21 heteroatoms. The number of pyridine rings is 1. The van der Waals surface area contributed by atoms with E-state index in [-0.39, 0.29) is 37.2 Å². The van der Waals surface area contributed by atoms with Crippen LogP contribution in [0.3, 0.4) is 0 Å². The number of aliphatic hydroxyl groups excluding tert-OH is 3. The van der Waals surface area contributed by atoms with Gasteiger partial charge < -0.3 is 44.1 Å². The van der Waals surface area contributed by atoms with Crippen LogP contribution in [0.4, 0.5) is 5.82 Å². The van der Waals surface area contributed by atoms with Crippen LogP contribution in [-0.2, 0) is 37.1 Å². The fourth-order valence-electron chi connectivity index (χ4n) is 5.96. The van der Waals surface area contributed by atoms with E-state index in [1.807, 2.05) is 0 Å². The molecular weight excluding hydrogens is 699 g/mol. The molecule has 4 aromatic rings. The molecule has 2 aliphatic heterocycles. The first-order valence-corrected chi connectivity index (χ1v) is 18.2. The number of aliphatic imine (C=N–C) groups is 1. The summed E-state index contributed by atoms with van der Waals surface area (Å²) in [4.78, 5) is 58.6. The normalized spacial score (nSPS) is 26.6. The zero-order chi connectivity index (χ0) is 35.7. The highest BCUT2D eigenvalue weighted by Crippen LogP contribution is 2.49. The van der Waals surface area contributed by atoms with Crippen LogP contribution in [0.15, 0.2) is 45.7 Å². The summed E-state index contributed by atoms with van der Waals surface area (Å²) in [5.74, 6) is 0.0725. The van der Waals surface area contributed by atoms with E-state index in [1.165, 1.54) is 38.4 Å². The molecule has 6 rings (SSSR count). The summed E-state index contributed by atoms with van der Waals surface area (Å²) in [6.07, 6.45) is 0.486. The van der Waals surface area contributed by atoms with Crippen LogP contribution < -0.4 is 11.2 Å². The number of aryl methyl sites for hydroxylation is 1. The molecule has 2 aliphatic rings. The molecule has 50 heavy (non-hydrogen) atoms. The van der Waals surface area contributed by atoms with E-state index in [1.54, 1.807) is 11.5 Å². The van der Waals surface area contributed by atoms with Crippen molar-refractivity contribution >= 4 is 41.5 Å². The van der Waals surface area contributed by atoms with Crippen LogP contribution in [0.25, 0.3) is 11.2 Å². The number of aromatic amines is 1. The topological polar surface area (TPSA) is 262 Å². The molecule has 2 saturated heterocycles. The molecule has 0 aliphatic carbocycles. The number of rotatable bonds is 12. The lowest BCUT2D eigenvalue weighted by Crippen LogP contribution is -2.39. The summed E-state index contributed by atoms with van der Waals surface area (Å²) in [6, 6.07) is 1.13. The Hall–Kier alpha value is -3.82. The summed E-state index contributed by atoms with van der Waals surface area (Å²) in [6.45, 7) is -2.87. The van der Waals surface area contributed by atoms with Crippen molar-refractivity contribution in [2.75, 3.05) is 19.9 Å². The first-order valence-electron chi connectivity index (χ1n) is 15.4. The number of aromatic hydroxyl groups is 1. The van der Waals surface area contributed by atoms with Crippen molar-refractivity contribution in [3.05, 3.63) is 68.8 Å². The Kier molecular flexibility index (Phi) is 10.7. The predicted octanol–water partition coefficient (Wildman–Crippen LogP) is -0.341. The minimum atomic E-state index is -3.60. The van der Waals surface area contributed by atoms with E-state index >= 15 is 0 Å².